The first-order valence-electron chi connectivity index (χ1n) is 11.1. The fraction of sp³-hybridized carbons (Fsp3) is 0.115. The van der Waals surface area contributed by atoms with Gasteiger partial charge < -0.3 is 5.32 Å². The molecule has 0 atom stereocenters. The third-order valence-corrected chi connectivity index (χ3v) is 7.46. The van der Waals surface area contributed by atoms with Gasteiger partial charge >= 0.3 is 0 Å². The molecule has 1 aliphatic rings. The minimum absolute atomic E-state index is 0.151. The Morgan fingerprint density at radius 1 is 0.794 bits per heavy atom. The van der Waals surface area contributed by atoms with Gasteiger partial charge in [0.25, 0.3) is 5.16 Å². The summed E-state index contributed by atoms with van der Waals surface area (Å²) >= 11 is 0. The first-order chi connectivity index (χ1) is 16.6. The summed E-state index contributed by atoms with van der Waals surface area (Å²) in [6, 6.07) is 25.8. The van der Waals surface area contributed by atoms with Crippen molar-refractivity contribution in [3.63, 3.8) is 0 Å². The van der Waals surface area contributed by atoms with Gasteiger partial charge in [-0.3, -0.25) is 5.10 Å². The van der Waals surface area contributed by atoms with Crippen molar-refractivity contribution in [2.45, 2.75) is 28.8 Å². The van der Waals surface area contributed by atoms with Gasteiger partial charge in [0.1, 0.15) is 5.82 Å². The molecule has 0 amide bonds. The van der Waals surface area contributed by atoms with Crippen molar-refractivity contribution in [1.29, 1.82) is 0 Å². The lowest BCUT2D eigenvalue weighted by Gasteiger charge is -2.10. The van der Waals surface area contributed by atoms with Gasteiger partial charge in [-0.15, -0.1) is 0 Å². The van der Waals surface area contributed by atoms with Gasteiger partial charge in [0.2, 0.25) is 9.84 Å². The standard InChI is InChI=1S/C26H21N5O2S/c32-34(33,21-13-12-17-6-4-5-9-20(17)14-21)26-27-22(18-7-2-1-3-8-18)15-24(29-26)28-25-16-23(30-31-25)19-10-11-19/h1-9,12-16,19H,10-11H2,(H2,27,28,29,30,31). The maximum atomic E-state index is 13.6. The molecule has 168 valence electrons. The highest BCUT2D eigenvalue weighted by Gasteiger charge is 2.26. The third kappa shape index (κ3) is 3.92. The zero-order chi connectivity index (χ0) is 23.1. The number of benzene rings is 3. The highest BCUT2D eigenvalue weighted by Crippen LogP contribution is 2.39. The third-order valence-electron chi connectivity index (χ3n) is 5.92. The second kappa shape index (κ2) is 8.07. The summed E-state index contributed by atoms with van der Waals surface area (Å²) in [6.45, 7) is 0. The van der Waals surface area contributed by atoms with E-state index in [0.29, 0.717) is 23.2 Å². The van der Waals surface area contributed by atoms with E-state index >= 15 is 0 Å². The zero-order valence-corrected chi connectivity index (χ0v) is 19.0. The molecule has 2 aromatic heterocycles. The van der Waals surface area contributed by atoms with Crippen LogP contribution < -0.4 is 5.32 Å². The quantitative estimate of drug-likeness (QED) is 0.321. The molecule has 5 aromatic rings. The topological polar surface area (TPSA) is 101 Å². The Bertz CT molecular complexity index is 1610. The van der Waals surface area contributed by atoms with E-state index in [4.69, 9.17) is 0 Å². The monoisotopic (exact) mass is 467 g/mol. The smallest absolute Gasteiger partial charge is 0.254 e. The molecular weight excluding hydrogens is 446 g/mol. The molecule has 0 spiro atoms. The van der Waals surface area contributed by atoms with E-state index in [1.165, 1.54) is 0 Å². The van der Waals surface area contributed by atoms with Crippen LogP contribution in [0.3, 0.4) is 0 Å². The van der Waals surface area contributed by atoms with Crippen LogP contribution in [0, 0.1) is 0 Å². The van der Waals surface area contributed by atoms with Crippen LogP contribution in [0.2, 0.25) is 0 Å². The van der Waals surface area contributed by atoms with E-state index in [1.54, 1.807) is 24.3 Å². The van der Waals surface area contributed by atoms with Crippen molar-refractivity contribution in [2.75, 3.05) is 5.32 Å². The summed E-state index contributed by atoms with van der Waals surface area (Å²) in [4.78, 5) is 8.99. The number of hydrogen-bond donors (Lipinski definition) is 2. The number of sulfone groups is 1. The minimum atomic E-state index is -3.96. The molecule has 1 saturated carbocycles. The Labute approximate surface area is 196 Å². The first-order valence-corrected chi connectivity index (χ1v) is 12.6. The Hall–Kier alpha value is -4.04. The molecule has 2 heterocycles. The van der Waals surface area contributed by atoms with Gasteiger partial charge in [0.05, 0.1) is 10.6 Å². The molecule has 0 saturated heterocycles. The van der Waals surface area contributed by atoms with Crippen molar-refractivity contribution >= 4 is 32.2 Å². The number of H-pyrrole nitrogens is 1. The van der Waals surface area contributed by atoms with Gasteiger partial charge in [-0.1, -0.05) is 60.7 Å². The summed E-state index contributed by atoms with van der Waals surface area (Å²) in [5, 5.41) is 12.1. The Morgan fingerprint density at radius 2 is 1.56 bits per heavy atom. The number of nitrogens with one attached hydrogen (secondary N) is 2. The maximum Gasteiger partial charge on any atom is 0.254 e. The molecule has 3 aromatic carbocycles. The number of rotatable bonds is 6. The van der Waals surface area contributed by atoms with E-state index in [0.717, 1.165) is 34.9 Å². The minimum Gasteiger partial charge on any atom is -0.323 e. The van der Waals surface area contributed by atoms with Crippen molar-refractivity contribution in [3.8, 4) is 11.3 Å². The lowest BCUT2D eigenvalue weighted by molar-refractivity contribution is 0.587. The summed E-state index contributed by atoms with van der Waals surface area (Å²) < 4.78 is 27.2. The fourth-order valence-corrected chi connectivity index (χ4v) is 5.12. The van der Waals surface area contributed by atoms with E-state index in [2.05, 4.69) is 25.5 Å². The summed E-state index contributed by atoms with van der Waals surface area (Å²) in [7, 11) is -3.96. The largest absolute Gasteiger partial charge is 0.323 e. The van der Waals surface area contributed by atoms with E-state index in [-0.39, 0.29) is 10.1 Å². The van der Waals surface area contributed by atoms with Crippen LogP contribution in [0.4, 0.5) is 11.6 Å². The Morgan fingerprint density at radius 3 is 2.35 bits per heavy atom. The summed E-state index contributed by atoms with van der Waals surface area (Å²) in [5.41, 5.74) is 2.38. The highest BCUT2D eigenvalue weighted by atomic mass is 32.2. The molecule has 8 heteroatoms. The molecule has 0 radical (unpaired) electrons. The predicted molar refractivity (Wildman–Crippen MR) is 131 cm³/mol. The zero-order valence-electron chi connectivity index (χ0n) is 18.1. The van der Waals surface area contributed by atoms with Gasteiger partial charge in [-0.25, -0.2) is 18.4 Å². The number of hydrogen-bond acceptors (Lipinski definition) is 6. The first kappa shape index (κ1) is 20.6. The van der Waals surface area contributed by atoms with Crippen LogP contribution in [0.5, 0.6) is 0 Å². The lowest BCUT2D eigenvalue weighted by atomic mass is 10.1. The van der Waals surface area contributed by atoms with Crippen molar-refractivity contribution in [1.82, 2.24) is 20.2 Å². The van der Waals surface area contributed by atoms with Crippen LogP contribution >= 0.6 is 0 Å². The second-order valence-electron chi connectivity index (χ2n) is 8.41. The number of aromatic nitrogens is 4. The molecule has 34 heavy (non-hydrogen) atoms. The van der Waals surface area contributed by atoms with E-state index in [9.17, 15) is 8.42 Å². The average Bonchev–Trinajstić information content (AvgIpc) is 3.63. The molecular formula is C26H21N5O2S. The lowest BCUT2D eigenvalue weighted by Crippen LogP contribution is -2.10. The normalized spacial score (nSPS) is 13.8. The number of anilines is 2. The van der Waals surface area contributed by atoms with Crippen molar-refractivity contribution < 1.29 is 8.42 Å². The van der Waals surface area contributed by atoms with Gasteiger partial charge in [0, 0.05) is 29.3 Å². The van der Waals surface area contributed by atoms with Crippen molar-refractivity contribution in [3.05, 3.63) is 90.6 Å². The number of aromatic amines is 1. The molecule has 6 rings (SSSR count). The predicted octanol–water partition coefficient (Wildman–Crippen LogP) is 5.47. The van der Waals surface area contributed by atoms with Crippen LogP contribution in [-0.2, 0) is 9.84 Å². The van der Waals surface area contributed by atoms with Crippen LogP contribution in [0.15, 0.2) is 95.0 Å². The maximum absolute atomic E-state index is 13.6. The molecule has 0 bridgehead atoms. The van der Waals surface area contributed by atoms with E-state index < -0.39 is 9.84 Å². The van der Waals surface area contributed by atoms with Crippen molar-refractivity contribution in [2.24, 2.45) is 0 Å². The fourth-order valence-electron chi connectivity index (χ4n) is 3.94. The van der Waals surface area contributed by atoms with Gasteiger partial charge in [-0.05, 0) is 35.7 Å². The average molecular weight is 468 g/mol. The number of fused-ring (bicyclic) bond motifs is 1. The Kier molecular flexibility index (Phi) is 4.88. The van der Waals surface area contributed by atoms with Crippen LogP contribution in [-0.4, -0.2) is 28.6 Å². The Balaban J connectivity index is 1.44. The molecule has 7 nitrogen and oxygen atoms in total. The highest BCUT2D eigenvalue weighted by molar-refractivity contribution is 7.91. The molecule has 2 N–H and O–H groups in total. The molecule has 0 aliphatic heterocycles. The van der Waals surface area contributed by atoms with Gasteiger partial charge in [0.15, 0.2) is 5.82 Å². The second-order valence-corrected chi connectivity index (χ2v) is 10.3. The number of nitrogens with zero attached hydrogens (tertiary/aromatic N) is 3. The summed E-state index contributed by atoms with van der Waals surface area (Å²) in [5.74, 6) is 1.48. The molecule has 1 aliphatic carbocycles. The summed E-state index contributed by atoms with van der Waals surface area (Å²) in [6.07, 6.45) is 2.31. The SMILES string of the molecule is O=S(=O)(c1ccc2ccccc2c1)c1nc(Nc2cc(C3CC3)[nH]n2)cc(-c2ccccc2)n1. The van der Waals surface area contributed by atoms with Crippen LogP contribution in [0.1, 0.15) is 24.5 Å². The van der Waals surface area contributed by atoms with Crippen LogP contribution in [0.25, 0.3) is 22.0 Å². The molecule has 0 unspecified atom stereocenters. The molecule has 1 fully saturated rings. The van der Waals surface area contributed by atoms with E-state index in [1.807, 2.05) is 60.7 Å². The van der Waals surface area contributed by atoms with Gasteiger partial charge in [-0.2, -0.15) is 5.10 Å².